The van der Waals surface area contributed by atoms with Gasteiger partial charge in [0.05, 0.1) is 5.57 Å². The molecule has 0 aromatic carbocycles. The molecule has 0 aliphatic carbocycles. The minimum Gasteiger partial charge on any atom is -0.478 e. The highest BCUT2D eigenvalue weighted by atomic mass is 16.6. The van der Waals surface area contributed by atoms with Crippen molar-refractivity contribution in [1.29, 1.82) is 0 Å². The lowest BCUT2D eigenvalue weighted by Crippen LogP contribution is -2.16. The van der Waals surface area contributed by atoms with E-state index in [0.29, 0.717) is 0 Å². The lowest BCUT2D eigenvalue weighted by Gasteiger charge is -2.05. The molecule has 0 amide bonds. The second kappa shape index (κ2) is 5.58. The van der Waals surface area contributed by atoms with Crippen LogP contribution < -0.4 is 0 Å². The molecule has 0 fully saturated rings. The summed E-state index contributed by atoms with van der Waals surface area (Å²) in [5.74, 6) is -4.94. The van der Waals surface area contributed by atoms with Crippen LogP contribution in [0.1, 0.15) is 13.3 Å². The van der Waals surface area contributed by atoms with Gasteiger partial charge in [0.25, 0.3) is 0 Å². The smallest absolute Gasteiger partial charge is 0.372 e. The number of carbonyl (C=O) groups is 3. The van der Waals surface area contributed by atoms with Gasteiger partial charge in [-0.3, -0.25) is 0 Å². The van der Waals surface area contributed by atoms with Gasteiger partial charge in [0, 0.05) is 6.08 Å². The molecule has 0 aliphatic rings. The Labute approximate surface area is 85.5 Å². The highest BCUT2D eigenvalue weighted by Gasteiger charge is 2.22. The summed E-state index contributed by atoms with van der Waals surface area (Å²) in [4.78, 5) is 32.0. The number of carbonyl (C=O) groups excluding carboxylic acids is 1. The number of carboxylic acids is 2. The molecule has 0 aliphatic heterocycles. The molecular formula is C9H10O6. The summed E-state index contributed by atoms with van der Waals surface area (Å²) in [6.45, 7) is 4.50. The van der Waals surface area contributed by atoms with Gasteiger partial charge in [-0.1, -0.05) is 13.5 Å². The molecule has 0 saturated carbocycles. The number of esters is 1. The Hall–Kier alpha value is -2.11. The molecule has 15 heavy (non-hydrogen) atoms. The first-order chi connectivity index (χ1) is 6.93. The predicted octanol–water partition coefficient (Wildman–Crippen LogP) is 0.549. The summed E-state index contributed by atoms with van der Waals surface area (Å²) in [6.07, 6.45) is 0.680. The number of hydrogen-bond acceptors (Lipinski definition) is 4. The largest absolute Gasteiger partial charge is 0.478 e. The van der Waals surface area contributed by atoms with Crippen molar-refractivity contribution in [1.82, 2.24) is 0 Å². The first-order valence-corrected chi connectivity index (χ1v) is 3.98. The van der Waals surface area contributed by atoms with Crippen LogP contribution in [0.15, 0.2) is 24.0 Å². The molecule has 0 aromatic rings. The Morgan fingerprint density at radius 1 is 1.27 bits per heavy atom. The van der Waals surface area contributed by atoms with E-state index < -0.39 is 29.2 Å². The number of carboxylic acid groups (broad SMARTS) is 2. The molecule has 0 atom stereocenters. The first-order valence-electron chi connectivity index (χ1n) is 3.98. The number of ether oxygens (including phenoxy) is 1. The topological polar surface area (TPSA) is 101 Å². The SMILES string of the molecule is C=CC(=O)O/C(C(=O)O)=C(\CC)C(=O)O. The highest BCUT2D eigenvalue weighted by molar-refractivity contribution is 5.99. The molecule has 6 heteroatoms. The fourth-order valence-electron chi connectivity index (χ4n) is 0.785. The van der Waals surface area contributed by atoms with Crippen molar-refractivity contribution in [3.8, 4) is 0 Å². The summed E-state index contributed by atoms with van der Waals surface area (Å²) in [5, 5.41) is 17.3. The summed E-state index contributed by atoms with van der Waals surface area (Å²) in [5.41, 5.74) is -0.474. The Morgan fingerprint density at radius 2 is 1.80 bits per heavy atom. The summed E-state index contributed by atoms with van der Waals surface area (Å²) in [6, 6.07) is 0. The van der Waals surface area contributed by atoms with Gasteiger partial charge in [0.15, 0.2) is 0 Å². The Balaban J connectivity index is 5.25. The Morgan fingerprint density at radius 3 is 2.07 bits per heavy atom. The number of rotatable bonds is 5. The van der Waals surface area contributed by atoms with E-state index in [1.54, 1.807) is 0 Å². The van der Waals surface area contributed by atoms with Gasteiger partial charge in [-0.2, -0.15) is 0 Å². The monoisotopic (exact) mass is 214 g/mol. The Kier molecular flexibility index (Phi) is 4.80. The lowest BCUT2D eigenvalue weighted by atomic mass is 10.2. The quantitative estimate of drug-likeness (QED) is 0.393. The zero-order valence-electron chi connectivity index (χ0n) is 8.02. The third-order valence-corrected chi connectivity index (χ3v) is 1.45. The van der Waals surface area contributed by atoms with Crippen LogP contribution in [-0.2, 0) is 19.1 Å². The van der Waals surface area contributed by atoms with Gasteiger partial charge >= 0.3 is 17.9 Å². The summed E-state index contributed by atoms with van der Waals surface area (Å²) in [7, 11) is 0. The first kappa shape index (κ1) is 12.9. The zero-order chi connectivity index (χ0) is 12.0. The third kappa shape index (κ3) is 3.63. The van der Waals surface area contributed by atoms with Crippen molar-refractivity contribution >= 4 is 17.9 Å². The van der Waals surface area contributed by atoms with Crippen molar-refractivity contribution in [3.63, 3.8) is 0 Å². The second-order valence-electron chi connectivity index (χ2n) is 2.40. The highest BCUT2D eigenvalue weighted by Crippen LogP contribution is 2.11. The van der Waals surface area contributed by atoms with E-state index in [4.69, 9.17) is 10.2 Å². The summed E-state index contributed by atoms with van der Waals surface area (Å²) >= 11 is 0. The van der Waals surface area contributed by atoms with Crippen molar-refractivity contribution in [2.45, 2.75) is 13.3 Å². The molecular weight excluding hydrogens is 204 g/mol. The number of hydrogen-bond donors (Lipinski definition) is 2. The van der Waals surface area contributed by atoms with E-state index in [2.05, 4.69) is 11.3 Å². The molecule has 0 heterocycles. The van der Waals surface area contributed by atoms with Crippen LogP contribution >= 0.6 is 0 Å². The molecule has 82 valence electrons. The molecule has 0 unspecified atom stereocenters. The third-order valence-electron chi connectivity index (χ3n) is 1.45. The van der Waals surface area contributed by atoms with E-state index in [1.165, 1.54) is 6.92 Å². The van der Waals surface area contributed by atoms with Crippen LogP contribution in [0.4, 0.5) is 0 Å². The average Bonchev–Trinajstić information content (AvgIpc) is 2.16. The van der Waals surface area contributed by atoms with Crippen molar-refractivity contribution in [3.05, 3.63) is 24.0 Å². The molecule has 0 spiro atoms. The van der Waals surface area contributed by atoms with E-state index >= 15 is 0 Å². The van der Waals surface area contributed by atoms with E-state index in [0.717, 1.165) is 6.08 Å². The Bertz CT molecular complexity index is 339. The molecule has 0 aromatic heterocycles. The molecule has 0 radical (unpaired) electrons. The van der Waals surface area contributed by atoms with Gasteiger partial charge in [0.1, 0.15) is 0 Å². The van der Waals surface area contributed by atoms with Crippen LogP contribution in [0.25, 0.3) is 0 Å². The van der Waals surface area contributed by atoms with Crippen LogP contribution in [0.3, 0.4) is 0 Å². The maximum atomic E-state index is 10.7. The minimum absolute atomic E-state index is 0.0681. The van der Waals surface area contributed by atoms with Crippen LogP contribution in [-0.4, -0.2) is 28.1 Å². The average molecular weight is 214 g/mol. The van der Waals surface area contributed by atoms with Gasteiger partial charge < -0.3 is 14.9 Å². The molecule has 6 nitrogen and oxygen atoms in total. The normalized spacial score (nSPS) is 11.3. The zero-order valence-corrected chi connectivity index (χ0v) is 8.02. The van der Waals surface area contributed by atoms with Gasteiger partial charge in [-0.05, 0) is 6.42 Å². The predicted molar refractivity (Wildman–Crippen MR) is 48.9 cm³/mol. The van der Waals surface area contributed by atoms with Crippen molar-refractivity contribution in [2.24, 2.45) is 0 Å². The van der Waals surface area contributed by atoms with Crippen molar-refractivity contribution < 1.29 is 29.3 Å². The van der Waals surface area contributed by atoms with Gasteiger partial charge in [-0.15, -0.1) is 0 Å². The fourth-order valence-corrected chi connectivity index (χ4v) is 0.785. The standard InChI is InChI=1S/C9H10O6/c1-3-5(8(11)12)7(9(13)14)15-6(10)4-2/h4H,2-3H2,1H3,(H,11,12)(H,13,14)/b7-5+. The maximum Gasteiger partial charge on any atom is 0.372 e. The van der Waals surface area contributed by atoms with Crippen molar-refractivity contribution in [2.75, 3.05) is 0 Å². The number of aliphatic carboxylic acids is 2. The molecule has 2 N–H and O–H groups in total. The van der Waals surface area contributed by atoms with Gasteiger partial charge in [-0.25, -0.2) is 14.4 Å². The molecule has 0 bridgehead atoms. The van der Waals surface area contributed by atoms with Crippen LogP contribution in [0.2, 0.25) is 0 Å². The molecule has 0 saturated heterocycles. The van der Waals surface area contributed by atoms with Crippen LogP contribution in [0, 0.1) is 0 Å². The van der Waals surface area contributed by atoms with E-state index in [-0.39, 0.29) is 6.42 Å². The van der Waals surface area contributed by atoms with Crippen LogP contribution in [0.5, 0.6) is 0 Å². The molecule has 0 rings (SSSR count). The fraction of sp³-hybridized carbons (Fsp3) is 0.222. The second-order valence-corrected chi connectivity index (χ2v) is 2.40. The maximum absolute atomic E-state index is 10.7. The van der Waals surface area contributed by atoms with Gasteiger partial charge in [0.2, 0.25) is 5.76 Å². The van der Waals surface area contributed by atoms with E-state index in [1.807, 2.05) is 0 Å². The van der Waals surface area contributed by atoms with E-state index in [9.17, 15) is 14.4 Å². The minimum atomic E-state index is -1.61. The lowest BCUT2D eigenvalue weighted by molar-refractivity contribution is -0.146. The summed E-state index contributed by atoms with van der Waals surface area (Å²) < 4.78 is 4.32.